The summed E-state index contributed by atoms with van der Waals surface area (Å²) in [4.78, 5) is 51.2. The Morgan fingerprint density at radius 3 is 1.30 bits per heavy atom. The fourth-order valence-electron chi connectivity index (χ4n) is 9.00. The molecule has 0 amide bonds. The molecule has 12 heteroatoms. The molecule has 0 radical (unpaired) electrons. The smallest absolute Gasteiger partial charge is 0.335 e. The Bertz CT molecular complexity index is 1620. The van der Waals surface area contributed by atoms with Crippen LogP contribution in [-0.4, -0.2) is 89.2 Å². The van der Waals surface area contributed by atoms with Gasteiger partial charge in [0.15, 0.2) is 24.6 Å². The van der Waals surface area contributed by atoms with Crippen molar-refractivity contribution in [2.75, 3.05) is 13.2 Å². The summed E-state index contributed by atoms with van der Waals surface area (Å²) in [7, 11) is 0. The van der Waals surface area contributed by atoms with Crippen molar-refractivity contribution in [3.63, 3.8) is 0 Å². The number of ether oxygens (including phenoxy) is 5. The molecule has 1 aliphatic heterocycles. The molecule has 1 fully saturated rings. The summed E-state index contributed by atoms with van der Waals surface area (Å²) in [6.07, 6.45) is 54.4. The first kappa shape index (κ1) is 71.2. The van der Waals surface area contributed by atoms with Gasteiger partial charge in [-0.1, -0.05) is 209 Å². The number of aliphatic hydroxyl groups excluding tert-OH is 2. The second kappa shape index (κ2) is 52.8. The van der Waals surface area contributed by atoms with Crippen LogP contribution in [0.15, 0.2) is 72.9 Å². The lowest BCUT2D eigenvalue weighted by Crippen LogP contribution is -2.61. The summed E-state index contributed by atoms with van der Waals surface area (Å²) in [6.45, 7) is 5.84. The quantitative estimate of drug-likeness (QED) is 0.0228. The van der Waals surface area contributed by atoms with E-state index in [1.54, 1.807) is 0 Å². The number of carboxylic acid groups (broad SMARTS) is 1. The molecule has 0 spiro atoms. The van der Waals surface area contributed by atoms with Gasteiger partial charge in [-0.2, -0.15) is 0 Å². The summed E-state index contributed by atoms with van der Waals surface area (Å²) >= 11 is 0. The number of hydrogen-bond donors (Lipinski definition) is 3. The Labute approximate surface area is 468 Å². The van der Waals surface area contributed by atoms with Crippen molar-refractivity contribution in [2.24, 2.45) is 0 Å². The number of carbonyl (C=O) groups excluding carboxylic acids is 3. The zero-order valence-corrected chi connectivity index (χ0v) is 48.7. The molecule has 0 aromatic heterocycles. The van der Waals surface area contributed by atoms with Crippen molar-refractivity contribution in [3.8, 4) is 0 Å². The first-order chi connectivity index (χ1) is 37.6. The minimum absolute atomic E-state index is 0.0227. The molecule has 77 heavy (non-hydrogen) atoms. The highest BCUT2D eigenvalue weighted by atomic mass is 16.7. The van der Waals surface area contributed by atoms with Crippen LogP contribution in [0.1, 0.15) is 265 Å². The number of carboxylic acids is 1. The van der Waals surface area contributed by atoms with Gasteiger partial charge in [-0.15, -0.1) is 0 Å². The van der Waals surface area contributed by atoms with Crippen LogP contribution in [0, 0.1) is 0 Å². The van der Waals surface area contributed by atoms with Gasteiger partial charge in [-0.25, -0.2) is 4.79 Å². The monoisotopic (exact) mass is 1080 g/mol. The highest BCUT2D eigenvalue weighted by molar-refractivity contribution is 5.74. The van der Waals surface area contributed by atoms with Crippen molar-refractivity contribution in [2.45, 2.75) is 302 Å². The SMILES string of the molecule is CC/C=C\C/C=C\C/C=C\CCCCCC(=O)OC1C(OCC(COC(=O)CCCCCCCCCCC/C=C\C/C=C\CCCCC)OC(=O)CCCCCCC/C=C\CCCCCCCC)OC(C(=O)O)C(O)C1O. The second-order valence-electron chi connectivity index (χ2n) is 20.9. The predicted octanol–water partition coefficient (Wildman–Crippen LogP) is 16.1. The number of hydrogen-bond acceptors (Lipinski definition) is 11. The summed E-state index contributed by atoms with van der Waals surface area (Å²) in [5.41, 5.74) is 0. The molecule has 6 atom stereocenters. The molecule has 3 N–H and O–H groups in total. The molecule has 1 aliphatic rings. The van der Waals surface area contributed by atoms with Gasteiger partial charge in [-0.3, -0.25) is 14.4 Å². The normalized spacial score (nSPS) is 18.5. The average molecular weight is 1080 g/mol. The molecule has 1 heterocycles. The standard InChI is InChI=1S/C65H110O12/c1-4-7-10-13-16-19-22-25-27-28-29-30-32-34-36-39-42-45-48-51-57(66)73-54-56(75-58(67)52-49-46-43-40-38-35-31-26-23-20-17-14-11-8-5-2)55-74-65-63(61(70)60(69)62(77-65)64(71)72)76-59(68)53-50-47-44-41-37-33-24-21-18-15-12-9-6-3/h9,12,16,18-19,21,25-27,31,33,37,56,60-63,65,69-70H,4-8,10-11,13-15,17,20,22-24,28-30,32,34-36,38-55H2,1-3H3,(H,71,72)/b12-9-,19-16-,21-18-,27-25-,31-26-,37-33-. The molecule has 0 aromatic rings. The number of unbranched alkanes of at least 4 members (excludes halogenated alkanes) is 26. The summed E-state index contributed by atoms with van der Waals surface area (Å²) in [6, 6.07) is 0. The number of aliphatic carboxylic acids is 1. The molecular formula is C65H110O12. The van der Waals surface area contributed by atoms with Crippen molar-refractivity contribution < 1.29 is 58.2 Å². The van der Waals surface area contributed by atoms with Crippen molar-refractivity contribution in [1.29, 1.82) is 0 Å². The van der Waals surface area contributed by atoms with E-state index in [4.69, 9.17) is 23.7 Å². The molecule has 0 aromatic carbocycles. The van der Waals surface area contributed by atoms with Crippen LogP contribution in [0.5, 0.6) is 0 Å². The summed E-state index contributed by atoms with van der Waals surface area (Å²) in [5.74, 6) is -3.17. The highest BCUT2D eigenvalue weighted by Gasteiger charge is 2.50. The maximum atomic E-state index is 13.2. The van der Waals surface area contributed by atoms with Gasteiger partial charge in [0.2, 0.25) is 0 Å². The number of aliphatic hydroxyl groups is 2. The lowest BCUT2D eigenvalue weighted by molar-refractivity contribution is -0.301. The highest BCUT2D eigenvalue weighted by Crippen LogP contribution is 2.26. The molecule has 6 unspecified atom stereocenters. The van der Waals surface area contributed by atoms with E-state index >= 15 is 0 Å². The third-order valence-corrected chi connectivity index (χ3v) is 13.7. The fraction of sp³-hybridized carbons (Fsp3) is 0.754. The molecule has 12 nitrogen and oxygen atoms in total. The van der Waals surface area contributed by atoms with E-state index in [1.165, 1.54) is 96.3 Å². The lowest BCUT2D eigenvalue weighted by Gasteiger charge is -2.40. The van der Waals surface area contributed by atoms with Gasteiger partial charge in [0.1, 0.15) is 18.8 Å². The Morgan fingerprint density at radius 2 is 0.818 bits per heavy atom. The molecular weight excluding hydrogens is 973 g/mol. The largest absolute Gasteiger partial charge is 0.479 e. The van der Waals surface area contributed by atoms with Crippen molar-refractivity contribution in [1.82, 2.24) is 0 Å². The molecule has 0 aliphatic carbocycles. The number of rotatable bonds is 52. The maximum absolute atomic E-state index is 13.2. The van der Waals surface area contributed by atoms with E-state index < -0.39 is 67.3 Å². The van der Waals surface area contributed by atoms with E-state index in [9.17, 15) is 34.5 Å². The van der Waals surface area contributed by atoms with Crippen LogP contribution in [0.3, 0.4) is 0 Å². The van der Waals surface area contributed by atoms with Gasteiger partial charge in [0.05, 0.1) is 6.61 Å². The van der Waals surface area contributed by atoms with Crippen LogP contribution in [0.2, 0.25) is 0 Å². The van der Waals surface area contributed by atoms with E-state index in [1.807, 2.05) is 0 Å². The maximum Gasteiger partial charge on any atom is 0.335 e. The minimum Gasteiger partial charge on any atom is -0.479 e. The van der Waals surface area contributed by atoms with E-state index in [2.05, 4.69) is 93.7 Å². The third kappa shape index (κ3) is 42.7. The minimum atomic E-state index is -1.92. The Balaban J connectivity index is 2.68. The van der Waals surface area contributed by atoms with Gasteiger partial charge in [0.25, 0.3) is 0 Å². The van der Waals surface area contributed by atoms with E-state index in [-0.39, 0.29) is 25.9 Å². The summed E-state index contributed by atoms with van der Waals surface area (Å²) < 4.78 is 28.4. The van der Waals surface area contributed by atoms with Crippen molar-refractivity contribution in [3.05, 3.63) is 72.9 Å². The zero-order chi connectivity index (χ0) is 56.1. The van der Waals surface area contributed by atoms with Crippen LogP contribution >= 0.6 is 0 Å². The van der Waals surface area contributed by atoms with Gasteiger partial charge in [-0.05, 0) is 109 Å². The molecule has 0 bridgehead atoms. The van der Waals surface area contributed by atoms with Gasteiger partial charge >= 0.3 is 23.9 Å². The Hall–Kier alpha value is -3.84. The summed E-state index contributed by atoms with van der Waals surface area (Å²) in [5, 5.41) is 31.5. The van der Waals surface area contributed by atoms with Crippen LogP contribution in [0.25, 0.3) is 0 Å². The number of allylic oxidation sites excluding steroid dienone is 12. The van der Waals surface area contributed by atoms with E-state index in [0.717, 1.165) is 109 Å². The third-order valence-electron chi connectivity index (χ3n) is 13.7. The second-order valence-corrected chi connectivity index (χ2v) is 20.9. The van der Waals surface area contributed by atoms with Crippen molar-refractivity contribution >= 4 is 23.9 Å². The number of carbonyl (C=O) groups is 4. The van der Waals surface area contributed by atoms with Gasteiger partial charge in [0, 0.05) is 19.3 Å². The van der Waals surface area contributed by atoms with E-state index in [0.29, 0.717) is 19.3 Å². The topological polar surface area (TPSA) is 175 Å². The zero-order valence-electron chi connectivity index (χ0n) is 48.7. The van der Waals surface area contributed by atoms with Crippen LogP contribution in [0.4, 0.5) is 0 Å². The van der Waals surface area contributed by atoms with Crippen LogP contribution in [-0.2, 0) is 42.9 Å². The predicted molar refractivity (Wildman–Crippen MR) is 312 cm³/mol. The first-order valence-electron chi connectivity index (χ1n) is 30.9. The van der Waals surface area contributed by atoms with Crippen LogP contribution < -0.4 is 0 Å². The molecule has 1 saturated heterocycles. The average Bonchev–Trinajstić information content (AvgIpc) is 3.42. The Kier molecular flexibility index (Phi) is 48.8. The Morgan fingerprint density at radius 1 is 0.442 bits per heavy atom. The molecule has 1 rings (SSSR count). The van der Waals surface area contributed by atoms with Gasteiger partial charge < -0.3 is 39.0 Å². The first-order valence-corrected chi connectivity index (χ1v) is 30.9. The number of esters is 3. The molecule has 0 saturated carbocycles. The lowest BCUT2D eigenvalue weighted by atomic mass is 9.98. The molecule has 442 valence electrons. The fourth-order valence-corrected chi connectivity index (χ4v) is 9.00.